The van der Waals surface area contributed by atoms with E-state index in [2.05, 4.69) is 5.32 Å². The molecule has 0 bridgehead atoms. The third-order valence-corrected chi connectivity index (χ3v) is 6.79. The van der Waals surface area contributed by atoms with Gasteiger partial charge in [-0.1, -0.05) is 24.3 Å². The average Bonchev–Trinajstić information content (AvgIpc) is 2.87. The van der Waals surface area contributed by atoms with Gasteiger partial charge in [0.2, 0.25) is 0 Å². The number of amides is 1. The third-order valence-electron chi connectivity index (χ3n) is 5.01. The normalized spacial score (nSPS) is 12.5. The van der Waals surface area contributed by atoms with E-state index >= 15 is 0 Å². The summed E-state index contributed by atoms with van der Waals surface area (Å²) in [5.74, 6) is -0.280. The van der Waals surface area contributed by atoms with Crippen LogP contribution in [0.3, 0.4) is 0 Å². The Bertz CT molecular complexity index is 1310. The maximum absolute atomic E-state index is 13.0. The number of hydrogen-bond acceptors (Lipinski definition) is 7. The molecule has 1 aliphatic rings. The largest absolute Gasteiger partial charge is 0.486 e. The predicted octanol–water partition coefficient (Wildman–Crippen LogP) is 3.08. The lowest BCUT2D eigenvalue weighted by molar-refractivity contribution is -0.119. The lowest BCUT2D eigenvalue weighted by atomic mass is 10.2. The number of benzene rings is 3. The van der Waals surface area contributed by atoms with Crippen molar-refractivity contribution >= 4 is 33.3 Å². The van der Waals surface area contributed by atoms with Crippen molar-refractivity contribution in [1.82, 2.24) is 0 Å². The van der Waals surface area contributed by atoms with Gasteiger partial charge in [-0.05, 0) is 42.5 Å². The topological polar surface area (TPSA) is 111 Å². The maximum Gasteiger partial charge on any atom is 0.338 e. The molecule has 9 nitrogen and oxygen atoms in total. The van der Waals surface area contributed by atoms with E-state index in [1.807, 2.05) is 0 Å². The van der Waals surface area contributed by atoms with Crippen LogP contribution in [-0.2, 0) is 19.6 Å². The van der Waals surface area contributed by atoms with Crippen molar-refractivity contribution in [3.63, 3.8) is 0 Å². The molecule has 0 fully saturated rings. The van der Waals surface area contributed by atoms with Crippen molar-refractivity contribution in [3.8, 4) is 11.5 Å². The molecule has 0 unspecified atom stereocenters. The lowest BCUT2D eigenvalue weighted by Gasteiger charge is -2.19. The Labute approximate surface area is 196 Å². The van der Waals surface area contributed by atoms with E-state index in [0.29, 0.717) is 36.1 Å². The highest BCUT2D eigenvalue weighted by Crippen LogP contribution is 2.32. The van der Waals surface area contributed by atoms with Gasteiger partial charge in [0.25, 0.3) is 15.9 Å². The standard InChI is InChI=1S/C24H22N2O7S/c1-26(19-7-3-2-4-8-19)34(29,30)20-9-5-6-17(14-20)24(28)33-16-23(27)25-18-10-11-21-22(15-18)32-13-12-31-21/h2-11,14-15H,12-13,16H2,1H3,(H,25,27). The van der Waals surface area contributed by atoms with E-state index in [4.69, 9.17) is 14.2 Å². The highest BCUT2D eigenvalue weighted by atomic mass is 32.2. The molecule has 3 aromatic carbocycles. The molecule has 1 aliphatic heterocycles. The predicted molar refractivity (Wildman–Crippen MR) is 125 cm³/mol. The molecule has 3 aromatic rings. The first kappa shape index (κ1) is 23.1. The molecule has 10 heteroatoms. The van der Waals surface area contributed by atoms with Gasteiger partial charge in [0.05, 0.1) is 16.1 Å². The summed E-state index contributed by atoms with van der Waals surface area (Å²) in [4.78, 5) is 24.6. The molecule has 176 valence electrons. The molecule has 0 atom stereocenters. The summed E-state index contributed by atoms with van der Waals surface area (Å²) in [6.07, 6.45) is 0. The summed E-state index contributed by atoms with van der Waals surface area (Å²) >= 11 is 0. The number of hydrogen-bond donors (Lipinski definition) is 1. The highest BCUT2D eigenvalue weighted by Gasteiger charge is 2.23. The Kier molecular flexibility index (Phi) is 6.69. The van der Waals surface area contributed by atoms with Crippen molar-refractivity contribution in [1.29, 1.82) is 0 Å². The monoisotopic (exact) mass is 482 g/mol. The van der Waals surface area contributed by atoms with Gasteiger partial charge in [-0.3, -0.25) is 9.10 Å². The average molecular weight is 483 g/mol. The van der Waals surface area contributed by atoms with Crippen LogP contribution in [0.15, 0.2) is 77.7 Å². The van der Waals surface area contributed by atoms with Crippen LogP contribution in [0.2, 0.25) is 0 Å². The minimum atomic E-state index is -3.90. The molecule has 34 heavy (non-hydrogen) atoms. The van der Waals surface area contributed by atoms with Crippen LogP contribution in [0.25, 0.3) is 0 Å². The summed E-state index contributed by atoms with van der Waals surface area (Å²) < 4.78 is 43.0. The molecule has 0 spiro atoms. The number of carbonyl (C=O) groups excluding carboxylic acids is 2. The fourth-order valence-electron chi connectivity index (χ4n) is 3.25. The molecule has 1 heterocycles. The summed E-state index contributed by atoms with van der Waals surface area (Å²) in [7, 11) is -2.48. The number of para-hydroxylation sites is 1. The quantitative estimate of drug-likeness (QED) is 0.515. The molecule has 4 rings (SSSR count). The minimum absolute atomic E-state index is 0.00895. The number of fused-ring (bicyclic) bond motifs is 1. The summed E-state index contributed by atoms with van der Waals surface area (Å²) in [5.41, 5.74) is 0.947. The number of esters is 1. The van der Waals surface area contributed by atoms with E-state index in [1.165, 1.54) is 31.3 Å². The highest BCUT2D eigenvalue weighted by molar-refractivity contribution is 7.92. The fraction of sp³-hybridized carbons (Fsp3) is 0.167. The first-order valence-corrected chi connectivity index (χ1v) is 11.8. The summed E-state index contributed by atoms with van der Waals surface area (Å²) in [5, 5.41) is 2.61. The fourth-order valence-corrected chi connectivity index (χ4v) is 4.49. The second-order valence-electron chi connectivity index (χ2n) is 7.32. The zero-order chi connectivity index (χ0) is 24.1. The number of nitrogens with one attached hydrogen (secondary N) is 1. The Morgan fingerprint density at radius 1 is 0.941 bits per heavy atom. The smallest absolute Gasteiger partial charge is 0.338 e. The molecule has 0 aromatic heterocycles. The zero-order valence-electron chi connectivity index (χ0n) is 18.3. The number of nitrogens with zero attached hydrogens (tertiary/aromatic N) is 1. The maximum atomic E-state index is 13.0. The number of anilines is 2. The molecular weight excluding hydrogens is 460 g/mol. The van der Waals surface area contributed by atoms with Crippen molar-refractivity contribution in [2.45, 2.75) is 4.90 Å². The lowest BCUT2D eigenvalue weighted by Crippen LogP contribution is -2.26. The Morgan fingerprint density at radius 2 is 1.68 bits per heavy atom. The molecule has 0 radical (unpaired) electrons. The third kappa shape index (κ3) is 5.12. The minimum Gasteiger partial charge on any atom is -0.486 e. The Balaban J connectivity index is 1.39. The van der Waals surface area contributed by atoms with Gasteiger partial charge in [-0.15, -0.1) is 0 Å². The van der Waals surface area contributed by atoms with Gasteiger partial charge in [-0.2, -0.15) is 0 Å². The van der Waals surface area contributed by atoms with Gasteiger partial charge < -0.3 is 19.5 Å². The first-order valence-electron chi connectivity index (χ1n) is 10.4. The van der Waals surface area contributed by atoms with Crippen LogP contribution in [0, 0.1) is 0 Å². The van der Waals surface area contributed by atoms with Gasteiger partial charge >= 0.3 is 5.97 Å². The van der Waals surface area contributed by atoms with Crippen LogP contribution in [0.1, 0.15) is 10.4 Å². The van der Waals surface area contributed by atoms with Crippen LogP contribution >= 0.6 is 0 Å². The number of carbonyl (C=O) groups is 2. The molecule has 0 saturated carbocycles. The van der Waals surface area contributed by atoms with Gasteiger partial charge in [-0.25, -0.2) is 13.2 Å². The first-order chi connectivity index (χ1) is 16.3. The molecule has 1 amide bonds. The molecular formula is C24H22N2O7S. The van der Waals surface area contributed by atoms with E-state index < -0.39 is 28.5 Å². The summed E-state index contributed by atoms with van der Waals surface area (Å²) in [6.45, 7) is 0.325. The number of rotatable bonds is 7. The summed E-state index contributed by atoms with van der Waals surface area (Å²) in [6, 6.07) is 19.0. The Morgan fingerprint density at radius 3 is 2.44 bits per heavy atom. The molecule has 0 saturated heterocycles. The number of sulfonamides is 1. The Hall–Kier alpha value is -4.05. The van der Waals surface area contributed by atoms with Gasteiger partial charge in [0.15, 0.2) is 18.1 Å². The molecule has 1 N–H and O–H groups in total. The van der Waals surface area contributed by atoms with Crippen LogP contribution < -0.4 is 19.1 Å². The number of ether oxygens (including phenoxy) is 3. The van der Waals surface area contributed by atoms with E-state index in [9.17, 15) is 18.0 Å². The van der Waals surface area contributed by atoms with Gasteiger partial charge in [0, 0.05) is 18.8 Å². The molecule has 0 aliphatic carbocycles. The van der Waals surface area contributed by atoms with Crippen LogP contribution in [0.5, 0.6) is 11.5 Å². The van der Waals surface area contributed by atoms with Crippen molar-refractivity contribution in [3.05, 3.63) is 78.4 Å². The van der Waals surface area contributed by atoms with Crippen molar-refractivity contribution in [2.24, 2.45) is 0 Å². The van der Waals surface area contributed by atoms with Crippen molar-refractivity contribution in [2.75, 3.05) is 36.5 Å². The van der Waals surface area contributed by atoms with Crippen LogP contribution in [-0.4, -0.2) is 47.2 Å². The van der Waals surface area contributed by atoms with Gasteiger partial charge in [0.1, 0.15) is 13.2 Å². The van der Waals surface area contributed by atoms with E-state index in [0.717, 1.165) is 4.31 Å². The van der Waals surface area contributed by atoms with E-state index in [1.54, 1.807) is 48.5 Å². The van der Waals surface area contributed by atoms with Crippen molar-refractivity contribution < 1.29 is 32.2 Å². The van der Waals surface area contributed by atoms with E-state index in [-0.39, 0.29) is 10.5 Å². The second-order valence-corrected chi connectivity index (χ2v) is 9.29. The zero-order valence-corrected chi connectivity index (χ0v) is 19.1. The van der Waals surface area contributed by atoms with Crippen LogP contribution in [0.4, 0.5) is 11.4 Å². The second kappa shape index (κ2) is 9.84. The SMILES string of the molecule is CN(c1ccccc1)S(=O)(=O)c1cccc(C(=O)OCC(=O)Nc2ccc3c(c2)OCCO3)c1.